The lowest BCUT2D eigenvalue weighted by Crippen LogP contribution is -2.07. The summed E-state index contributed by atoms with van der Waals surface area (Å²) < 4.78 is 0. The molecule has 5 heteroatoms. The number of nitrogen functional groups attached to an aromatic ring is 1. The van der Waals surface area contributed by atoms with Gasteiger partial charge in [0.05, 0.1) is 5.56 Å². The highest BCUT2D eigenvalue weighted by molar-refractivity contribution is 5.94. The van der Waals surface area contributed by atoms with Crippen LogP contribution in [0.15, 0.2) is 42.7 Å². The first-order valence-electron chi connectivity index (χ1n) is 5.92. The molecule has 1 heterocycles. The molecule has 0 amide bonds. The van der Waals surface area contributed by atoms with Crippen LogP contribution in [0.1, 0.15) is 15.9 Å². The number of aromatic nitrogens is 1. The fraction of sp³-hybridized carbons (Fsp3) is 0.143. The van der Waals surface area contributed by atoms with Gasteiger partial charge in [-0.3, -0.25) is 4.98 Å². The monoisotopic (exact) mass is 257 g/mol. The van der Waals surface area contributed by atoms with Crippen LogP contribution < -0.4 is 11.1 Å². The van der Waals surface area contributed by atoms with E-state index in [1.807, 2.05) is 12.1 Å². The van der Waals surface area contributed by atoms with Crippen LogP contribution in [0.25, 0.3) is 0 Å². The van der Waals surface area contributed by atoms with E-state index in [-0.39, 0.29) is 11.3 Å². The number of carboxylic acids is 1. The molecule has 0 spiro atoms. The van der Waals surface area contributed by atoms with Crippen molar-refractivity contribution in [3.63, 3.8) is 0 Å². The van der Waals surface area contributed by atoms with E-state index in [9.17, 15) is 4.79 Å². The predicted molar refractivity (Wildman–Crippen MR) is 74.2 cm³/mol. The molecule has 1 aromatic carbocycles. The van der Waals surface area contributed by atoms with Gasteiger partial charge in [0.2, 0.25) is 0 Å². The highest BCUT2D eigenvalue weighted by atomic mass is 16.4. The van der Waals surface area contributed by atoms with Crippen LogP contribution >= 0.6 is 0 Å². The van der Waals surface area contributed by atoms with Crippen molar-refractivity contribution in [1.82, 2.24) is 4.98 Å². The minimum Gasteiger partial charge on any atom is -0.478 e. The third kappa shape index (κ3) is 3.45. The second kappa shape index (κ2) is 5.86. The number of hydrogen-bond acceptors (Lipinski definition) is 4. The molecular formula is C14H15N3O2. The quantitative estimate of drug-likeness (QED) is 0.713. The molecule has 0 unspecified atom stereocenters. The lowest BCUT2D eigenvalue weighted by Gasteiger charge is -2.08. The first kappa shape index (κ1) is 12.9. The van der Waals surface area contributed by atoms with E-state index in [1.165, 1.54) is 5.56 Å². The Morgan fingerprint density at radius 1 is 1.26 bits per heavy atom. The van der Waals surface area contributed by atoms with Crippen LogP contribution in [-0.4, -0.2) is 22.6 Å². The number of benzene rings is 1. The highest BCUT2D eigenvalue weighted by Crippen LogP contribution is 2.17. The Balaban J connectivity index is 1.97. The number of carboxylic acid groups (broad SMARTS) is 1. The summed E-state index contributed by atoms with van der Waals surface area (Å²) in [4.78, 5) is 14.9. The van der Waals surface area contributed by atoms with Crippen molar-refractivity contribution in [2.45, 2.75) is 6.42 Å². The lowest BCUT2D eigenvalue weighted by molar-refractivity contribution is 0.0698. The second-order valence-corrected chi connectivity index (χ2v) is 4.14. The average molecular weight is 257 g/mol. The molecular weight excluding hydrogens is 242 g/mol. The van der Waals surface area contributed by atoms with Gasteiger partial charge < -0.3 is 16.2 Å². The number of rotatable bonds is 5. The van der Waals surface area contributed by atoms with E-state index in [2.05, 4.69) is 10.3 Å². The Morgan fingerprint density at radius 3 is 2.68 bits per heavy atom. The molecule has 0 atom stereocenters. The van der Waals surface area contributed by atoms with Crippen LogP contribution in [-0.2, 0) is 6.42 Å². The zero-order valence-electron chi connectivity index (χ0n) is 10.3. The van der Waals surface area contributed by atoms with Crippen LogP contribution in [0.4, 0.5) is 11.4 Å². The Morgan fingerprint density at radius 2 is 2.00 bits per heavy atom. The number of aromatic carboxylic acids is 1. The van der Waals surface area contributed by atoms with E-state index >= 15 is 0 Å². The van der Waals surface area contributed by atoms with E-state index in [0.717, 1.165) is 12.1 Å². The summed E-state index contributed by atoms with van der Waals surface area (Å²) in [6.07, 6.45) is 4.34. The number of anilines is 2. The van der Waals surface area contributed by atoms with Gasteiger partial charge in [-0.2, -0.15) is 0 Å². The largest absolute Gasteiger partial charge is 0.478 e. The smallest absolute Gasteiger partial charge is 0.337 e. The summed E-state index contributed by atoms with van der Waals surface area (Å²) in [5, 5.41) is 12.2. The fourth-order valence-electron chi connectivity index (χ4n) is 1.75. The molecule has 0 aliphatic rings. The Bertz CT molecular complexity index is 570. The molecule has 0 bridgehead atoms. The van der Waals surface area contributed by atoms with Gasteiger partial charge in [0, 0.05) is 30.3 Å². The minimum atomic E-state index is -1.02. The summed E-state index contributed by atoms with van der Waals surface area (Å²) in [6.45, 7) is 0.715. The average Bonchev–Trinajstić information content (AvgIpc) is 2.41. The molecule has 0 aliphatic carbocycles. The summed E-state index contributed by atoms with van der Waals surface area (Å²) in [5.41, 5.74) is 7.91. The summed E-state index contributed by atoms with van der Waals surface area (Å²) in [7, 11) is 0. The van der Waals surface area contributed by atoms with E-state index in [4.69, 9.17) is 10.8 Å². The molecule has 5 nitrogen and oxygen atoms in total. The van der Waals surface area contributed by atoms with Crippen LogP contribution in [0.5, 0.6) is 0 Å². The van der Waals surface area contributed by atoms with Crippen LogP contribution in [0, 0.1) is 0 Å². The van der Waals surface area contributed by atoms with Gasteiger partial charge in [0.1, 0.15) is 0 Å². The molecule has 0 aliphatic heterocycles. The first-order valence-corrected chi connectivity index (χ1v) is 5.92. The predicted octanol–water partition coefficient (Wildman–Crippen LogP) is 2.02. The van der Waals surface area contributed by atoms with Crippen molar-refractivity contribution in [1.29, 1.82) is 0 Å². The molecule has 0 radical (unpaired) electrons. The maximum absolute atomic E-state index is 11.0. The highest BCUT2D eigenvalue weighted by Gasteiger charge is 2.08. The third-order valence-electron chi connectivity index (χ3n) is 2.78. The van der Waals surface area contributed by atoms with Gasteiger partial charge in [-0.15, -0.1) is 0 Å². The molecule has 4 N–H and O–H groups in total. The fourth-order valence-corrected chi connectivity index (χ4v) is 1.75. The van der Waals surface area contributed by atoms with Crippen LogP contribution in [0.2, 0.25) is 0 Å². The first-order chi connectivity index (χ1) is 9.16. The van der Waals surface area contributed by atoms with Crippen molar-refractivity contribution in [3.05, 3.63) is 53.9 Å². The molecule has 98 valence electrons. The van der Waals surface area contributed by atoms with Crippen molar-refractivity contribution < 1.29 is 9.90 Å². The molecule has 0 fully saturated rings. The second-order valence-electron chi connectivity index (χ2n) is 4.14. The number of nitrogens with one attached hydrogen (secondary N) is 1. The van der Waals surface area contributed by atoms with Gasteiger partial charge in [-0.05, 0) is 42.3 Å². The van der Waals surface area contributed by atoms with E-state index < -0.39 is 5.97 Å². The maximum Gasteiger partial charge on any atom is 0.337 e. The van der Waals surface area contributed by atoms with Gasteiger partial charge in [0.15, 0.2) is 0 Å². The molecule has 2 rings (SSSR count). The number of nitrogens with two attached hydrogens (primary N) is 1. The SMILES string of the molecule is Nc1ccc(NCCc2ccncc2)cc1C(=O)O. The van der Waals surface area contributed by atoms with Gasteiger partial charge >= 0.3 is 5.97 Å². The van der Waals surface area contributed by atoms with Crippen molar-refractivity contribution in [3.8, 4) is 0 Å². The molecule has 2 aromatic rings. The zero-order chi connectivity index (χ0) is 13.7. The van der Waals surface area contributed by atoms with Crippen molar-refractivity contribution in [2.24, 2.45) is 0 Å². The maximum atomic E-state index is 11.0. The Labute approximate surface area is 111 Å². The lowest BCUT2D eigenvalue weighted by atomic mass is 10.1. The Hall–Kier alpha value is -2.56. The Kier molecular flexibility index (Phi) is 3.97. The van der Waals surface area contributed by atoms with Gasteiger partial charge in [-0.25, -0.2) is 4.79 Å². The standard InChI is InChI=1S/C14H15N3O2/c15-13-2-1-11(9-12(13)14(18)19)17-8-5-10-3-6-16-7-4-10/h1-4,6-7,9,17H,5,8,15H2,(H,18,19). The molecule has 0 saturated heterocycles. The van der Waals surface area contributed by atoms with Gasteiger partial charge in [0.25, 0.3) is 0 Å². The summed E-state index contributed by atoms with van der Waals surface area (Å²) >= 11 is 0. The third-order valence-corrected chi connectivity index (χ3v) is 2.78. The summed E-state index contributed by atoms with van der Waals surface area (Å²) in [6, 6.07) is 8.82. The number of carbonyl (C=O) groups is 1. The number of pyridine rings is 1. The minimum absolute atomic E-state index is 0.119. The number of nitrogens with zero attached hydrogens (tertiary/aromatic N) is 1. The van der Waals surface area contributed by atoms with Crippen LogP contribution in [0.3, 0.4) is 0 Å². The van der Waals surface area contributed by atoms with Crippen molar-refractivity contribution in [2.75, 3.05) is 17.6 Å². The van der Waals surface area contributed by atoms with E-state index in [1.54, 1.807) is 30.6 Å². The van der Waals surface area contributed by atoms with E-state index in [0.29, 0.717) is 6.54 Å². The summed E-state index contributed by atoms with van der Waals surface area (Å²) in [5.74, 6) is -1.02. The topological polar surface area (TPSA) is 88.2 Å². The van der Waals surface area contributed by atoms with Crippen molar-refractivity contribution >= 4 is 17.3 Å². The normalized spacial score (nSPS) is 10.1. The molecule has 1 aromatic heterocycles. The molecule has 0 saturated carbocycles. The molecule has 19 heavy (non-hydrogen) atoms. The zero-order valence-corrected chi connectivity index (χ0v) is 10.3. The number of hydrogen-bond donors (Lipinski definition) is 3. The van der Waals surface area contributed by atoms with Gasteiger partial charge in [-0.1, -0.05) is 0 Å².